The number of aliphatic hydroxyl groups excluding tert-OH is 1. The average Bonchev–Trinajstić information content (AvgIpc) is 2.22. The molecular weight excluding hydrogens is 209 g/mol. The summed E-state index contributed by atoms with van der Waals surface area (Å²) in [7, 11) is 0. The Balaban J connectivity index is 2.41. The van der Waals surface area contributed by atoms with Crippen molar-refractivity contribution in [1.29, 1.82) is 0 Å². The maximum atomic E-state index is 13.0. The summed E-state index contributed by atoms with van der Waals surface area (Å²) in [4.78, 5) is 0. The number of halogens is 1. The first-order valence-corrected chi connectivity index (χ1v) is 5.42. The normalized spacial score (nSPS) is 30.4. The SMILES string of the molecule is Cc1cc(F)ccc1[C@@]1(O)CCNC[C@@H]1O. The number of hydrogen-bond donors (Lipinski definition) is 3. The van der Waals surface area contributed by atoms with E-state index >= 15 is 0 Å². The number of β-amino-alcohol motifs (C(OH)–C–C–N with tert-alkyl or cyclic N) is 1. The van der Waals surface area contributed by atoms with Gasteiger partial charge in [0, 0.05) is 6.54 Å². The average molecular weight is 225 g/mol. The van der Waals surface area contributed by atoms with E-state index < -0.39 is 11.7 Å². The number of hydrogen-bond acceptors (Lipinski definition) is 3. The zero-order valence-corrected chi connectivity index (χ0v) is 9.20. The molecule has 1 aliphatic heterocycles. The maximum Gasteiger partial charge on any atom is 0.123 e. The number of aliphatic hydroxyl groups is 2. The highest BCUT2D eigenvalue weighted by molar-refractivity contribution is 5.33. The van der Waals surface area contributed by atoms with Crippen LogP contribution in [0.25, 0.3) is 0 Å². The van der Waals surface area contributed by atoms with Gasteiger partial charge in [-0.25, -0.2) is 4.39 Å². The monoisotopic (exact) mass is 225 g/mol. The minimum atomic E-state index is -1.26. The van der Waals surface area contributed by atoms with Crippen molar-refractivity contribution in [2.45, 2.75) is 25.0 Å². The first kappa shape index (κ1) is 11.5. The lowest BCUT2D eigenvalue weighted by molar-refractivity contribution is -0.0980. The lowest BCUT2D eigenvalue weighted by atomic mass is 9.81. The molecule has 0 bridgehead atoms. The molecule has 3 nitrogen and oxygen atoms in total. The first-order valence-electron chi connectivity index (χ1n) is 5.42. The summed E-state index contributed by atoms with van der Waals surface area (Å²) in [6.45, 7) is 2.74. The van der Waals surface area contributed by atoms with Crippen LogP contribution in [0.2, 0.25) is 0 Å². The van der Waals surface area contributed by atoms with Gasteiger partial charge in [-0.3, -0.25) is 0 Å². The van der Waals surface area contributed by atoms with Gasteiger partial charge in [-0.15, -0.1) is 0 Å². The standard InChI is InChI=1S/C12H16FNO2/c1-8-6-9(13)2-3-10(8)12(16)4-5-14-7-11(12)15/h2-3,6,11,14-16H,4-5,7H2,1H3/t11-,12-/m0/s1. The zero-order chi connectivity index (χ0) is 11.8. The van der Waals surface area contributed by atoms with Crippen molar-refractivity contribution in [3.63, 3.8) is 0 Å². The Bertz CT molecular complexity index is 397. The van der Waals surface area contributed by atoms with E-state index in [0.717, 1.165) is 0 Å². The van der Waals surface area contributed by atoms with Crippen molar-refractivity contribution in [3.05, 3.63) is 35.1 Å². The summed E-state index contributed by atoms with van der Waals surface area (Å²) in [6, 6.07) is 4.25. The van der Waals surface area contributed by atoms with Crippen LogP contribution in [0.3, 0.4) is 0 Å². The molecule has 0 unspecified atom stereocenters. The van der Waals surface area contributed by atoms with Crippen molar-refractivity contribution < 1.29 is 14.6 Å². The second-order valence-electron chi connectivity index (χ2n) is 4.35. The third kappa shape index (κ3) is 1.84. The molecule has 1 aromatic carbocycles. The molecule has 0 aromatic heterocycles. The Kier molecular flexibility index (Phi) is 2.97. The Morgan fingerprint density at radius 1 is 1.50 bits per heavy atom. The number of benzene rings is 1. The molecule has 1 heterocycles. The maximum absolute atomic E-state index is 13.0. The third-order valence-corrected chi connectivity index (χ3v) is 3.23. The largest absolute Gasteiger partial charge is 0.388 e. The van der Waals surface area contributed by atoms with Crippen molar-refractivity contribution >= 4 is 0 Å². The molecule has 2 rings (SSSR count). The first-order chi connectivity index (χ1) is 7.54. The smallest absolute Gasteiger partial charge is 0.123 e. The van der Waals surface area contributed by atoms with E-state index in [1.807, 2.05) is 0 Å². The second kappa shape index (κ2) is 4.13. The van der Waals surface area contributed by atoms with Gasteiger partial charge in [0.05, 0.1) is 6.10 Å². The van der Waals surface area contributed by atoms with Gasteiger partial charge in [0.1, 0.15) is 11.4 Å². The molecule has 2 atom stereocenters. The molecule has 0 spiro atoms. The fourth-order valence-electron chi connectivity index (χ4n) is 2.28. The van der Waals surface area contributed by atoms with Crippen LogP contribution in [0.1, 0.15) is 17.5 Å². The number of rotatable bonds is 1. The quantitative estimate of drug-likeness (QED) is 0.658. The van der Waals surface area contributed by atoms with Crippen LogP contribution >= 0.6 is 0 Å². The van der Waals surface area contributed by atoms with Gasteiger partial charge in [-0.2, -0.15) is 0 Å². The van der Waals surface area contributed by atoms with Gasteiger partial charge in [0.15, 0.2) is 0 Å². The zero-order valence-electron chi connectivity index (χ0n) is 9.20. The lowest BCUT2D eigenvalue weighted by Gasteiger charge is -2.38. The van der Waals surface area contributed by atoms with Gasteiger partial charge in [-0.05, 0) is 43.1 Å². The number of nitrogens with one attached hydrogen (secondary N) is 1. The fourth-order valence-corrected chi connectivity index (χ4v) is 2.28. The topological polar surface area (TPSA) is 52.5 Å². The van der Waals surface area contributed by atoms with Crippen LogP contribution in [0.15, 0.2) is 18.2 Å². The van der Waals surface area contributed by atoms with E-state index in [9.17, 15) is 14.6 Å². The fraction of sp³-hybridized carbons (Fsp3) is 0.500. The van der Waals surface area contributed by atoms with E-state index in [2.05, 4.69) is 5.32 Å². The molecule has 3 N–H and O–H groups in total. The van der Waals surface area contributed by atoms with Crippen LogP contribution in [0.5, 0.6) is 0 Å². The summed E-state index contributed by atoms with van der Waals surface area (Å²) in [5, 5.41) is 23.3. The third-order valence-electron chi connectivity index (χ3n) is 3.23. The van der Waals surface area contributed by atoms with E-state index in [4.69, 9.17) is 0 Å². The van der Waals surface area contributed by atoms with Crippen LogP contribution in [0.4, 0.5) is 4.39 Å². The van der Waals surface area contributed by atoms with Gasteiger partial charge < -0.3 is 15.5 Å². The van der Waals surface area contributed by atoms with Gasteiger partial charge >= 0.3 is 0 Å². The van der Waals surface area contributed by atoms with E-state index in [1.165, 1.54) is 12.1 Å². The molecule has 0 saturated carbocycles. The van der Waals surface area contributed by atoms with Gasteiger partial charge in [0.25, 0.3) is 0 Å². The second-order valence-corrected chi connectivity index (χ2v) is 4.35. The summed E-state index contributed by atoms with van der Waals surface area (Å²) < 4.78 is 13.0. The number of piperidine rings is 1. The van der Waals surface area contributed by atoms with Gasteiger partial charge in [-0.1, -0.05) is 6.07 Å². The van der Waals surface area contributed by atoms with E-state index in [-0.39, 0.29) is 5.82 Å². The Hall–Kier alpha value is -0.970. The number of aryl methyl sites for hydroxylation is 1. The van der Waals surface area contributed by atoms with Crippen LogP contribution < -0.4 is 5.32 Å². The molecule has 88 valence electrons. The Labute approximate surface area is 93.9 Å². The molecule has 16 heavy (non-hydrogen) atoms. The minimum Gasteiger partial charge on any atom is -0.388 e. The van der Waals surface area contributed by atoms with E-state index in [0.29, 0.717) is 30.6 Å². The predicted molar refractivity (Wildman–Crippen MR) is 58.5 cm³/mol. The molecule has 0 aliphatic carbocycles. The van der Waals surface area contributed by atoms with Crippen LogP contribution in [0, 0.1) is 12.7 Å². The summed E-state index contributed by atoms with van der Waals surface area (Å²) >= 11 is 0. The molecule has 1 aliphatic rings. The molecule has 4 heteroatoms. The highest BCUT2D eigenvalue weighted by atomic mass is 19.1. The lowest BCUT2D eigenvalue weighted by Crippen LogP contribution is -2.52. The predicted octanol–water partition coefficient (Wildman–Crippen LogP) is 0.676. The molecule has 1 aromatic rings. The molecule has 1 saturated heterocycles. The highest BCUT2D eigenvalue weighted by Crippen LogP contribution is 2.33. The Morgan fingerprint density at radius 3 is 2.88 bits per heavy atom. The van der Waals surface area contributed by atoms with E-state index in [1.54, 1.807) is 13.0 Å². The minimum absolute atomic E-state index is 0.326. The summed E-state index contributed by atoms with van der Waals surface area (Å²) in [5.41, 5.74) is 0.0228. The van der Waals surface area contributed by atoms with Gasteiger partial charge in [0.2, 0.25) is 0 Å². The summed E-state index contributed by atoms with van der Waals surface area (Å²) in [6.07, 6.45) is -0.425. The van der Waals surface area contributed by atoms with Crippen molar-refractivity contribution in [3.8, 4) is 0 Å². The van der Waals surface area contributed by atoms with Crippen molar-refractivity contribution in [2.24, 2.45) is 0 Å². The molecule has 0 amide bonds. The van der Waals surface area contributed by atoms with Crippen LogP contribution in [-0.2, 0) is 5.60 Å². The van der Waals surface area contributed by atoms with Crippen molar-refractivity contribution in [1.82, 2.24) is 5.32 Å². The Morgan fingerprint density at radius 2 is 2.25 bits per heavy atom. The van der Waals surface area contributed by atoms with Crippen molar-refractivity contribution in [2.75, 3.05) is 13.1 Å². The summed E-state index contributed by atoms with van der Waals surface area (Å²) in [5.74, 6) is -0.326. The highest BCUT2D eigenvalue weighted by Gasteiger charge is 2.40. The van der Waals surface area contributed by atoms with Crippen LogP contribution in [-0.4, -0.2) is 29.4 Å². The molecule has 1 fully saturated rings. The molecule has 0 radical (unpaired) electrons. The molecular formula is C12H16FNO2.